The van der Waals surface area contributed by atoms with Gasteiger partial charge < -0.3 is 15.0 Å². The molecule has 132 valence electrons. The lowest BCUT2D eigenvalue weighted by Crippen LogP contribution is -2.31. The number of benzene rings is 2. The van der Waals surface area contributed by atoms with Gasteiger partial charge in [0.2, 0.25) is 5.95 Å². The maximum Gasteiger partial charge on any atom is 0.249 e. The summed E-state index contributed by atoms with van der Waals surface area (Å²) in [6.45, 7) is 4.32. The largest absolute Gasteiger partial charge is 0.492 e. The highest BCUT2D eigenvalue weighted by Crippen LogP contribution is 2.27. The summed E-state index contributed by atoms with van der Waals surface area (Å²) in [7, 11) is 0. The lowest BCUT2D eigenvalue weighted by atomic mass is 10.0. The average Bonchev–Trinajstić information content (AvgIpc) is 2.69. The highest BCUT2D eigenvalue weighted by Gasteiger charge is 2.18. The number of aromatic nitrogens is 3. The van der Waals surface area contributed by atoms with Crippen LogP contribution in [0.4, 0.5) is 17.5 Å². The molecule has 4 rings (SSSR count). The van der Waals surface area contributed by atoms with Gasteiger partial charge >= 0.3 is 0 Å². The lowest BCUT2D eigenvalue weighted by Gasteiger charge is -2.29. The molecule has 0 atom stereocenters. The summed E-state index contributed by atoms with van der Waals surface area (Å²) in [6.07, 6.45) is 2.73. The zero-order valence-corrected chi connectivity index (χ0v) is 14.7. The Morgan fingerprint density at radius 2 is 1.88 bits per heavy atom. The van der Waals surface area contributed by atoms with E-state index in [0.29, 0.717) is 12.6 Å². The molecule has 0 saturated carbocycles. The van der Waals surface area contributed by atoms with Crippen LogP contribution in [-0.2, 0) is 13.0 Å². The molecule has 2 aromatic carbocycles. The smallest absolute Gasteiger partial charge is 0.249 e. The van der Waals surface area contributed by atoms with Crippen molar-refractivity contribution >= 4 is 17.5 Å². The molecular formula is C20H21N5O. The number of nitrogens with zero attached hydrogens (tertiary/aromatic N) is 4. The minimum Gasteiger partial charge on any atom is -0.492 e. The molecule has 0 unspecified atom stereocenters. The monoisotopic (exact) mass is 347 g/mol. The van der Waals surface area contributed by atoms with Gasteiger partial charge in [0.1, 0.15) is 5.75 Å². The Morgan fingerprint density at radius 3 is 2.77 bits per heavy atom. The van der Waals surface area contributed by atoms with Gasteiger partial charge in [0.05, 0.1) is 18.5 Å². The first kappa shape index (κ1) is 16.3. The summed E-state index contributed by atoms with van der Waals surface area (Å²) in [5.74, 6) is 2.07. The molecule has 0 fully saturated rings. The first-order valence-corrected chi connectivity index (χ1v) is 8.84. The number of ether oxygens (including phenoxy) is 1. The number of rotatable bonds is 5. The molecule has 1 N–H and O–H groups in total. The van der Waals surface area contributed by atoms with Crippen molar-refractivity contribution in [3.63, 3.8) is 0 Å². The van der Waals surface area contributed by atoms with Gasteiger partial charge in [0, 0.05) is 13.1 Å². The first-order chi connectivity index (χ1) is 12.8. The van der Waals surface area contributed by atoms with Crippen molar-refractivity contribution in [3.8, 4) is 5.75 Å². The van der Waals surface area contributed by atoms with Crippen LogP contribution in [0.2, 0.25) is 0 Å². The number of anilines is 3. The maximum absolute atomic E-state index is 5.65. The second-order valence-corrected chi connectivity index (χ2v) is 6.13. The molecule has 6 heteroatoms. The maximum atomic E-state index is 5.65. The van der Waals surface area contributed by atoms with Crippen molar-refractivity contribution in [2.45, 2.75) is 19.9 Å². The van der Waals surface area contributed by atoms with Crippen molar-refractivity contribution in [1.29, 1.82) is 0 Å². The fourth-order valence-corrected chi connectivity index (χ4v) is 3.16. The van der Waals surface area contributed by atoms with Gasteiger partial charge in [-0.1, -0.05) is 36.4 Å². The zero-order valence-electron chi connectivity index (χ0n) is 14.7. The predicted octanol–water partition coefficient (Wildman–Crippen LogP) is 3.58. The lowest BCUT2D eigenvalue weighted by molar-refractivity contribution is 0.342. The van der Waals surface area contributed by atoms with Crippen molar-refractivity contribution in [1.82, 2.24) is 15.2 Å². The van der Waals surface area contributed by atoms with Gasteiger partial charge in [-0.25, -0.2) is 0 Å². The van der Waals surface area contributed by atoms with E-state index in [4.69, 9.17) is 4.74 Å². The van der Waals surface area contributed by atoms with E-state index >= 15 is 0 Å². The van der Waals surface area contributed by atoms with Crippen LogP contribution in [0, 0.1) is 0 Å². The third-order valence-electron chi connectivity index (χ3n) is 4.43. The SMILES string of the molecule is CCOc1ccccc1Nc1nncc(N2CCc3ccccc3C2)n1. The fraction of sp³-hybridized carbons (Fsp3) is 0.250. The van der Waals surface area contributed by atoms with E-state index in [1.807, 2.05) is 31.2 Å². The van der Waals surface area contributed by atoms with E-state index in [0.717, 1.165) is 36.8 Å². The van der Waals surface area contributed by atoms with Crippen molar-refractivity contribution in [2.75, 3.05) is 23.4 Å². The van der Waals surface area contributed by atoms with Gasteiger partial charge in [-0.15, -0.1) is 5.10 Å². The van der Waals surface area contributed by atoms with Crippen molar-refractivity contribution in [2.24, 2.45) is 0 Å². The Kier molecular flexibility index (Phi) is 4.64. The first-order valence-electron chi connectivity index (χ1n) is 8.84. The number of hydrogen-bond acceptors (Lipinski definition) is 6. The van der Waals surface area contributed by atoms with Crippen LogP contribution in [0.15, 0.2) is 54.7 Å². The molecule has 1 aromatic heterocycles. The van der Waals surface area contributed by atoms with Gasteiger partial charge in [-0.3, -0.25) is 0 Å². The summed E-state index contributed by atoms with van der Waals surface area (Å²) in [5, 5.41) is 11.5. The quantitative estimate of drug-likeness (QED) is 0.761. The normalized spacial score (nSPS) is 13.2. The minimum atomic E-state index is 0.466. The predicted molar refractivity (Wildman–Crippen MR) is 102 cm³/mol. The number of hydrogen-bond donors (Lipinski definition) is 1. The van der Waals surface area contributed by atoms with Crippen LogP contribution >= 0.6 is 0 Å². The standard InChI is InChI=1S/C20H21N5O/c1-2-26-18-10-6-5-9-17(18)22-20-23-19(13-21-24-20)25-12-11-15-7-3-4-8-16(15)14-25/h3-10,13H,2,11-12,14H2,1H3,(H,22,23,24). The summed E-state index contributed by atoms with van der Waals surface area (Å²) >= 11 is 0. The van der Waals surface area contributed by atoms with Crippen molar-refractivity contribution < 1.29 is 4.74 Å². The molecule has 1 aliphatic rings. The van der Waals surface area contributed by atoms with Crippen LogP contribution in [-0.4, -0.2) is 28.3 Å². The molecule has 3 aromatic rings. The molecule has 2 heterocycles. The van der Waals surface area contributed by atoms with Crippen LogP contribution in [0.3, 0.4) is 0 Å². The van der Waals surface area contributed by atoms with E-state index in [1.165, 1.54) is 11.1 Å². The number of fused-ring (bicyclic) bond motifs is 1. The van der Waals surface area contributed by atoms with Crippen molar-refractivity contribution in [3.05, 3.63) is 65.9 Å². The third kappa shape index (κ3) is 3.44. The van der Waals surface area contributed by atoms with Gasteiger partial charge in [-0.2, -0.15) is 10.1 Å². The third-order valence-corrected chi connectivity index (χ3v) is 4.43. The molecule has 0 amide bonds. The van der Waals surface area contributed by atoms with Crippen LogP contribution in [0.1, 0.15) is 18.1 Å². The molecule has 1 aliphatic heterocycles. The van der Waals surface area contributed by atoms with E-state index in [2.05, 4.69) is 49.7 Å². The molecule has 0 radical (unpaired) electrons. The van der Waals surface area contributed by atoms with Gasteiger partial charge in [0.15, 0.2) is 5.82 Å². The Hall–Kier alpha value is -3.15. The van der Waals surface area contributed by atoms with Crippen LogP contribution in [0.5, 0.6) is 5.75 Å². The highest BCUT2D eigenvalue weighted by atomic mass is 16.5. The number of para-hydroxylation sites is 2. The van der Waals surface area contributed by atoms with E-state index in [-0.39, 0.29) is 0 Å². The highest BCUT2D eigenvalue weighted by molar-refractivity contribution is 5.62. The topological polar surface area (TPSA) is 63.2 Å². The van der Waals surface area contributed by atoms with Gasteiger partial charge in [0.25, 0.3) is 0 Å². The summed E-state index contributed by atoms with van der Waals surface area (Å²) in [4.78, 5) is 6.88. The molecule has 0 aliphatic carbocycles. The zero-order chi connectivity index (χ0) is 17.8. The second kappa shape index (κ2) is 7.39. The number of nitrogens with one attached hydrogen (secondary N) is 1. The second-order valence-electron chi connectivity index (χ2n) is 6.13. The summed E-state index contributed by atoms with van der Waals surface area (Å²) < 4.78 is 5.65. The van der Waals surface area contributed by atoms with Crippen LogP contribution in [0.25, 0.3) is 0 Å². The Balaban J connectivity index is 1.55. The van der Waals surface area contributed by atoms with E-state index < -0.39 is 0 Å². The molecule has 26 heavy (non-hydrogen) atoms. The van der Waals surface area contributed by atoms with Crippen LogP contribution < -0.4 is 15.0 Å². The fourth-order valence-electron chi connectivity index (χ4n) is 3.16. The van der Waals surface area contributed by atoms with E-state index in [9.17, 15) is 0 Å². The Labute approximate surface area is 152 Å². The molecule has 0 saturated heterocycles. The minimum absolute atomic E-state index is 0.466. The summed E-state index contributed by atoms with van der Waals surface area (Å²) in [5.41, 5.74) is 3.58. The molecular weight excluding hydrogens is 326 g/mol. The molecule has 0 spiro atoms. The molecule has 0 bridgehead atoms. The Bertz CT molecular complexity index is 899. The Morgan fingerprint density at radius 1 is 1.08 bits per heavy atom. The molecule has 6 nitrogen and oxygen atoms in total. The van der Waals surface area contributed by atoms with E-state index in [1.54, 1.807) is 6.20 Å². The van der Waals surface area contributed by atoms with Gasteiger partial charge in [-0.05, 0) is 36.6 Å². The summed E-state index contributed by atoms with van der Waals surface area (Å²) in [6, 6.07) is 16.3. The average molecular weight is 347 g/mol.